The van der Waals surface area contributed by atoms with E-state index >= 15 is 0 Å². The molecule has 0 spiro atoms. The molecule has 0 aliphatic rings. The third-order valence-electron chi connectivity index (χ3n) is 3.45. The van der Waals surface area contributed by atoms with Crippen LogP contribution < -0.4 is 10.5 Å². The molecule has 3 heteroatoms. The maximum atomic E-state index is 10.6. The van der Waals surface area contributed by atoms with Gasteiger partial charge < -0.3 is 15.3 Å². The first-order valence-electron chi connectivity index (χ1n) is 8.63. The van der Waals surface area contributed by atoms with Gasteiger partial charge in [0.05, 0.1) is 6.61 Å². The number of ether oxygens (including phenoxy) is 1. The van der Waals surface area contributed by atoms with Crippen molar-refractivity contribution in [3.63, 3.8) is 0 Å². The zero-order valence-electron chi connectivity index (χ0n) is 14.6. The molecule has 0 saturated carbocycles. The average Bonchev–Trinajstić information content (AvgIpc) is 2.61. The van der Waals surface area contributed by atoms with Crippen molar-refractivity contribution >= 4 is 5.78 Å². The fourth-order valence-corrected chi connectivity index (χ4v) is 2.14. The summed E-state index contributed by atoms with van der Waals surface area (Å²) in [4.78, 5) is 10.6. The molecule has 0 saturated heterocycles. The van der Waals surface area contributed by atoms with E-state index in [0.29, 0.717) is 6.42 Å². The molecule has 24 heavy (non-hydrogen) atoms. The van der Waals surface area contributed by atoms with E-state index in [9.17, 15) is 4.79 Å². The van der Waals surface area contributed by atoms with Crippen LogP contribution in [0.15, 0.2) is 60.7 Å². The Hall–Kier alpha value is -2.13. The van der Waals surface area contributed by atoms with Gasteiger partial charge in [-0.15, -0.1) is 0 Å². The number of rotatable bonds is 9. The fraction of sp³-hybridized carbons (Fsp3) is 0.381. The van der Waals surface area contributed by atoms with Crippen molar-refractivity contribution in [2.75, 3.05) is 13.2 Å². The smallest absolute Gasteiger partial charge is 0.129 e. The van der Waals surface area contributed by atoms with Crippen LogP contribution in [0.4, 0.5) is 0 Å². The van der Waals surface area contributed by atoms with Crippen molar-refractivity contribution in [3.05, 3.63) is 66.2 Å². The first-order chi connectivity index (χ1) is 11.7. The highest BCUT2D eigenvalue weighted by Crippen LogP contribution is 2.08. The molecular formula is C21H29NO2. The molecule has 2 aromatic rings. The average molecular weight is 327 g/mol. The Bertz CT molecular complexity index is 540. The lowest BCUT2D eigenvalue weighted by atomic mass is 10.1. The van der Waals surface area contributed by atoms with Crippen molar-refractivity contribution in [3.8, 4) is 5.75 Å². The standard InChI is InChI=1S/C11H14O.C10H15NO/c1-10(12)6-5-9-11-7-3-2-4-8-11;11-8-4-5-9-12-10-6-2-1-3-7-10/h2-4,7-8H,5-6,9H2,1H3;1-3,6-7H,4-5,8-9,11H2. The van der Waals surface area contributed by atoms with E-state index in [1.165, 1.54) is 5.56 Å². The molecule has 0 atom stereocenters. The number of ketones is 1. The van der Waals surface area contributed by atoms with Crippen molar-refractivity contribution in [1.29, 1.82) is 0 Å². The summed E-state index contributed by atoms with van der Waals surface area (Å²) in [7, 11) is 0. The van der Waals surface area contributed by atoms with Crippen molar-refractivity contribution in [2.45, 2.75) is 39.0 Å². The van der Waals surface area contributed by atoms with Gasteiger partial charge in [0.1, 0.15) is 11.5 Å². The van der Waals surface area contributed by atoms with Crippen LogP contribution in [-0.4, -0.2) is 18.9 Å². The number of Topliss-reactive ketones (excluding diaryl/α,β-unsaturated/α-hetero) is 1. The van der Waals surface area contributed by atoms with Crippen molar-refractivity contribution in [2.24, 2.45) is 5.73 Å². The first-order valence-corrected chi connectivity index (χ1v) is 8.63. The second kappa shape index (κ2) is 13.3. The van der Waals surface area contributed by atoms with Gasteiger partial charge in [-0.1, -0.05) is 48.5 Å². The second-order valence-corrected chi connectivity index (χ2v) is 5.70. The number of para-hydroxylation sites is 1. The Morgan fingerprint density at radius 3 is 2.12 bits per heavy atom. The van der Waals surface area contributed by atoms with Crippen LogP contribution in [0.1, 0.15) is 38.2 Å². The van der Waals surface area contributed by atoms with Gasteiger partial charge in [0, 0.05) is 6.42 Å². The van der Waals surface area contributed by atoms with Crippen LogP contribution in [0.25, 0.3) is 0 Å². The molecule has 0 heterocycles. The lowest BCUT2D eigenvalue weighted by Crippen LogP contribution is -2.03. The van der Waals surface area contributed by atoms with Crippen LogP contribution in [0.3, 0.4) is 0 Å². The molecule has 0 aliphatic heterocycles. The van der Waals surface area contributed by atoms with Crippen LogP contribution in [-0.2, 0) is 11.2 Å². The summed E-state index contributed by atoms with van der Waals surface area (Å²) in [5.74, 6) is 1.22. The topological polar surface area (TPSA) is 52.3 Å². The molecule has 0 fully saturated rings. The summed E-state index contributed by atoms with van der Waals surface area (Å²) in [6, 6.07) is 20.1. The summed E-state index contributed by atoms with van der Waals surface area (Å²) in [5, 5.41) is 0. The van der Waals surface area contributed by atoms with Gasteiger partial charge in [0.15, 0.2) is 0 Å². The number of hydrogen-bond acceptors (Lipinski definition) is 3. The minimum atomic E-state index is 0.283. The molecule has 2 rings (SSSR count). The summed E-state index contributed by atoms with van der Waals surface area (Å²) in [6.45, 7) is 3.16. The van der Waals surface area contributed by atoms with Gasteiger partial charge in [-0.05, 0) is 56.8 Å². The largest absolute Gasteiger partial charge is 0.494 e. The third kappa shape index (κ3) is 10.6. The number of carbonyl (C=O) groups is 1. The van der Waals surface area contributed by atoms with Gasteiger partial charge in [0.25, 0.3) is 0 Å². The molecule has 0 unspecified atom stereocenters. The minimum absolute atomic E-state index is 0.283. The normalized spacial score (nSPS) is 9.75. The van der Waals surface area contributed by atoms with Gasteiger partial charge >= 0.3 is 0 Å². The number of benzene rings is 2. The summed E-state index contributed by atoms with van der Waals surface area (Å²) >= 11 is 0. The van der Waals surface area contributed by atoms with Crippen LogP contribution in [0.5, 0.6) is 5.75 Å². The quantitative estimate of drug-likeness (QED) is 0.694. The van der Waals surface area contributed by atoms with E-state index in [-0.39, 0.29) is 5.78 Å². The third-order valence-corrected chi connectivity index (χ3v) is 3.45. The molecule has 2 N–H and O–H groups in total. The molecule has 2 aromatic carbocycles. The summed E-state index contributed by atoms with van der Waals surface area (Å²) in [5.41, 5.74) is 6.67. The summed E-state index contributed by atoms with van der Waals surface area (Å²) in [6.07, 6.45) is 4.76. The SMILES string of the molecule is CC(=O)CCCc1ccccc1.NCCCCOc1ccccc1. The highest BCUT2D eigenvalue weighted by atomic mass is 16.5. The van der Waals surface area contributed by atoms with E-state index in [4.69, 9.17) is 10.5 Å². The molecule has 0 aliphatic carbocycles. The van der Waals surface area contributed by atoms with E-state index in [1.807, 2.05) is 48.5 Å². The highest BCUT2D eigenvalue weighted by molar-refractivity contribution is 5.75. The van der Waals surface area contributed by atoms with Gasteiger partial charge in [-0.2, -0.15) is 0 Å². The van der Waals surface area contributed by atoms with Crippen molar-refractivity contribution in [1.82, 2.24) is 0 Å². The van der Waals surface area contributed by atoms with Crippen molar-refractivity contribution < 1.29 is 9.53 Å². The predicted molar refractivity (Wildman–Crippen MR) is 100 cm³/mol. The van der Waals surface area contributed by atoms with E-state index in [1.54, 1.807) is 6.92 Å². The number of aryl methyl sites for hydroxylation is 1. The maximum absolute atomic E-state index is 10.6. The van der Waals surface area contributed by atoms with E-state index in [0.717, 1.165) is 44.6 Å². The number of hydrogen-bond donors (Lipinski definition) is 1. The first kappa shape index (κ1) is 19.9. The Labute approximate surface area is 145 Å². The minimum Gasteiger partial charge on any atom is -0.494 e. The zero-order chi connectivity index (χ0) is 17.5. The zero-order valence-corrected chi connectivity index (χ0v) is 14.6. The highest BCUT2D eigenvalue weighted by Gasteiger charge is 1.94. The fourth-order valence-electron chi connectivity index (χ4n) is 2.14. The van der Waals surface area contributed by atoms with Gasteiger partial charge in [-0.25, -0.2) is 0 Å². The molecule has 3 nitrogen and oxygen atoms in total. The Morgan fingerprint density at radius 1 is 0.917 bits per heavy atom. The monoisotopic (exact) mass is 327 g/mol. The molecular weight excluding hydrogens is 298 g/mol. The van der Waals surface area contributed by atoms with E-state index < -0.39 is 0 Å². The number of nitrogens with two attached hydrogens (primary N) is 1. The second-order valence-electron chi connectivity index (χ2n) is 5.70. The van der Waals surface area contributed by atoms with E-state index in [2.05, 4.69) is 12.1 Å². The Kier molecular flexibility index (Phi) is 11.1. The maximum Gasteiger partial charge on any atom is 0.129 e. The predicted octanol–water partition coefficient (Wildman–Crippen LogP) is 4.40. The van der Waals surface area contributed by atoms with Crippen LogP contribution >= 0.6 is 0 Å². The lowest BCUT2D eigenvalue weighted by molar-refractivity contribution is -0.117. The molecule has 0 amide bonds. The molecule has 0 radical (unpaired) electrons. The molecule has 0 bridgehead atoms. The summed E-state index contributed by atoms with van der Waals surface area (Å²) < 4.78 is 5.45. The number of carbonyl (C=O) groups excluding carboxylic acids is 1. The Balaban J connectivity index is 0.000000240. The lowest BCUT2D eigenvalue weighted by Gasteiger charge is -2.04. The number of unbranched alkanes of at least 4 members (excludes halogenated alkanes) is 1. The van der Waals surface area contributed by atoms with Crippen LogP contribution in [0.2, 0.25) is 0 Å². The molecule has 130 valence electrons. The van der Waals surface area contributed by atoms with Crippen LogP contribution in [0, 0.1) is 0 Å². The van der Waals surface area contributed by atoms with Gasteiger partial charge in [-0.3, -0.25) is 0 Å². The molecule has 0 aromatic heterocycles. The van der Waals surface area contributed by atoms with Gasteiger partial charge in [0.2, 0.25) is 0 Å². The Morgan fingerprint density at radius 2 is 1.54 bits per heavy atom.